The van der Waals surface area contributed by atoms with Gasteiger partial charge in [-0.05, 0) is 12.8 Å². The van der Waals surface area contributed by atoms with Gasteiger partial charge in [0.25, 0.3) is 0 Å². The number of hydrogen-bond acceptors (Lipinski definition) is 1. The maximum absolute atomic E-state index is 11.0. The predicted octanol–water partition coefficient (Wildman–Crippen LogP) is 4.62. The molecule has 1 aromatic carbocycles. The molecular formula is C15H24O. The molecule has 1 rings (SSSR count). The fourth-order valence-corrected chi connectivity index (χ4v) is 1.26. The lowest BCUT2D eigenvalue weighted by Gasteiger charge is -1.96. The molecule has 1 aromatic rings. The van der Waals surface area contributed by atoms with Crippen LogP contribution in [0.2, 0.25) is 0 Å². The molecule has 0 spiro atoms. The summed E-state index contributed by atoms with van der Waals surface area (Å²) in [5.74, 6) is 0.448. The second-order valence-electron chi connectivity index (χ2n) is 3.90. The monoisotopic (exact) mass is 220 g/mol. The number of unbranched alkanes of at least 4 members (excludes halogenated alkanes) is 2. The summed E-state index contributed by atoms with van der Waals surface area (Å²) in [6.07, 6.45) is 6.02. The molecule has 0 saturated heterocycles. The van der Waals surface area contributed by atoms with Gasteiger partial charge in [-0.3, -0.25) is 4.79 Å². The minimum absolute atomic E-state index is 0.448. The van der Waals surface area contributed by atoms with Crippen LogP contribution in [-0.4, -0.2) is 5.78 Å². The van der Waals surface area contributed by atoms with Crippen molar-refractivity contribution in [1.29, 1.82) is 0 Å². The molecule has 0 unspecified atom stereocenters. The Balaban J connectivity index is 0.000000315. The molecule has 0 aliphatic carbocycles. The van der Waals surface area contributed by atoms with Gasteiger partial charge in [-0.2, -0.15) is 0 Å². The van der Waals surface area contributed by atoms with Crippen molar-refractivity contribution in [2.24, 2.45) is 0 Å². The summed E-state index contributed by atoms with van der Waals surface area (Å²) in [6, 6.07) is 12.0. The summed E-state index contributed by atoms with van der Waals surface area (Å²) in [7, 11) is 0. The third kappa shape index (κ3) is 11.0. The first-order valence-corrected chi connectivity index (χ1v) is 6.33. The van der Waals surface area contributed by atoms with E-state index < -0.39 is 0 Å². The van der Waals surface area contributed by atoms with E-state index in [1.54, 1.807) is 0 Å². The Hall–Kier alpha value is -1.11. The van der Waals surface area contributed by atoms with Gasteiger partial charge in [-0.15, -0.1) is 0 Å². The molecule has 1 nitrogen and oxygen atoms in total. The summed E-state index contributed by atoms with van der Waals surface area (Å²) in [6.45, 7) is 4.24. The highest BCUT2D eigenvalue weighted by atomic mass is 16.1. The van der Waals surface area contributed by atoms with E-state index in [1.807, 2.05) is 36.4 Å². The molecule has 0 radical (unpaired) electrons. The Morgan fingerprint density at radius 2 is 1.06 bits per heavy atom. The summed E-state index contributed by atoms with van der Waals surface area (Å²) in [4.78, 5) is 11.0. The lowest BCUT2D eigenvalue weighted by molar-refractivity contribution is -0.119. The Kier molecular flexibility index (Phi) is 11.1. The first kappa shape index (κ1) is 14.9. The maximum atomic E-state index is 11.0. The molecule has 0 amide bonds. The number of carbonyl (C=O) groups excluding carboxylic acids is 1. The van der Waals surface area contributed by atoms with Gasteiger partial charge >= 0.3 is 0 Å². The van der Waals surface area contributed by atoms with Gasteiger partial charge in [-0.1, -0.05) is 63.1 Å². The molecule has 0 aromatic heterocycles. The largest absolute Gasteiger partial charge is 0.300 e. The van der Waals surface area contributed by atoms with Crippen molar-refractivity contribution < 1.29 is 4.79 Å². The Labute approximate surface area is 99.9 Å². The van der Waals surface area contributed by atoms with Crippen LogP contribution in [-0.2, 0) is 4.79 Å². The van der Waals surface area contributed by atoms with Crippen molar-refractivity contribution >= 4 is 5.78 Å². The molecule has 1 heteroatoms. The molecular weight excluding hydrogens is 196 g/mol. The van der Waals surface area contributed by atoms with E-state index in [0.29, 0.717) is 5.78 Å². The number of ketones is 1. The smallest absolute Gasteiger partial charge is 0.132 e. The predicted molar refractivity (Wildman–Crippen MR) is 70.5 cm³/mol. The minimum atomic E-state index is 0.448. The van der Waals surface area contributed by atoms with Crippen molar-refractivity contribution in [2.45, 2.75) is 52.4 Å². The average molecular weight is 220 g/mol. The molecule has 0 aliphatic heterocycles. The quantitative estimate of drug-likeness (QED) is 0.683. The van der Waals surface area contributed by atoms with Gasteiger partial charge < -0.3 is 0 Å². The molecule has 0 heterocycles. The van der Waals surface area contributed by atoms with Gasteiger partial charge in [0, 0.05) is 12.8 Å². The molecule has 90 valence electrons. The molecule has 0 aliphatic rings. The van der Waals surface area contributed by atoms with E-state index in [1.165, 1.54) is 0 Å². The van der Waals surface area contributed by atoms with Gasteiger partial charge in [0.2, 0.25) is 0 Å². The first-order chi connectivity index (χ1) is 7.81. The zero-order valence-electron chi connectivity index (χ0n) is 10.6. The van der Waals surface area contributed by atoms with E-state index in [-0.39, 0.29) is 0 Å². The van der Waals surface area contributed by atoms with Crippen LogP contribution in [0.1, 0.15) is 52.4 Å². The molecule has 0 bridgehead atoms. The minimum Gasteiger partial charge on any atom is -0.300 e. The SMILES string of the molecule is CCCCC(=O)CCCC.c1ccccc1. The Morgan fingerprint density at radius 1 is 0.750 bits per heavy atom. The zero-order chi connectivity index (χ0) is 12.1. The fraction of sp³-hybridized carbons (Fsp3) is 0.533. The number of benzene rings is 1. The van der Waals surface area contributed by atoms with Crippen molar-refractivity contribution in [3.63, 3.8) is 0 Å². The van der Waals surface area contributed by atoms with Crippen LogP contribution < -0.4 is 0 Å². The van der Waals surface area contributed by atoms with Crippen LogP contribution in [0.15, 0.2) is 36.4 Å². The third-order valence-electron chi connectivity index (χ3n) is 2.29. The van der Waals surface area contributed by atoms with E-state index in [2.05, 4.69) is 13.8 Å². The molecule has 0 N–H and O–H groups in total. The first-order valence-electron chi connectivity index (χ1n) is 6.33. The lowest BCUT2D eigenvalue weighted by atomic mass is 10.1. The van der Waals surface area contributed by atoms with Crippen molar-refractivity contribution in [1.82, 2.24) is 0 Å². The number of carbonyl (C=O) groups is 1. The van der Waals surface area contributed by atoms with Crippen LogP contribution in [0.3, 0.4) is 0 Å². The van der Waals surface area contributed by atoms with E-state index in [0.717, 1.165) is 38.5 Å². The Morgan fingerprint density at radius 3 is 1.31 bits per heavy atom. The second kappa shape index (κ2) is 12.0. The zero-order valence-corrected chi connectivity index (χ0v) is 10.6. The molecule has 0 fully saturated rings. The summed E-state index contributed by atoms with van der Waals surface area (Å²) in [5.41, 5.74) is 0. The van der Waals surface area contributed by atoms with E-state index in [9.17, 15) is 4.79 Å². The van der Waals surface area contributed by atoms with Crippen molar-refractivity contribution in [3.8, 4) is 0 Å². The summed E-state index contributed by atoms with van der Waals surface area (Å²) < 4.78 is 0. The fourth-order valence-electron chi connectivity index (χ4n) is 1.26. The van der Waals surface area contributed by atoms with Gasteiger partial charge in [0.15, 0.2) is 0 Å². The Bertz CT molecular complexity index is 204. The van der Waals surface area contributed by atoms with Crippen molar-refractivity contribution in [2.75, 3.05) is 0 Å². The highest BCUT2D eigenvalue weighted by molar-refractivity contribution is 5.78. The van der Waals surface area contributed by atoms with Gasteiger partial charge in [-0.25, -0.2) is 0 Å². The topological polar surface area (TPSA) is 17.1 Å². The summed E-state index contributed by atoms with van der Waals surface area (Å²) in [5, 5.41) is 0. The normalized spacial score (nSPS) is 9.12. The second-order valence-corrected chi connectivity index (χ2v) is 3.90. The number of hydrogen-bond donors (Lipinski definition) is 0. The van der Waals surface area contributed by atoms with Gasteiger partial charge in [0.05, 0.1) is 0 Å². The van der Waals surface area contributed by atoms with Gasteiger partial charge in [0.1, 0.15) is 5.78 Å². The standard InChI is InChI=1S/C9H18O.C6H6/c1-3-5-7-9(10)8-6-4-2;1-2-4-6-5-3-1/h3-8H2,1-2H3;1-6H. The number of Topliss-reactive ketones (excluding diaryl/α,β-unsaturated/α-hetero) is 1. The van der Waals surface area contributed by atoms with Crippen LogP contribution >= 0.6 is 0 Å². The highest BCUT2D eigenvalue weighted by Crippen LogP contribution is 2.02. The molecule has 16 heavy (non-hydrogen) atoms. The van der Waals surface area contributed by atoms with Crippen LogP contribution in [0.25, 0.3) is 0 Å². The van der Waals surface area contributed by atoms with E-state index >= 15 is 0 Å². The molecule has 0 saturated carbocycles. The summed E-state index contributed by atoms with van der Waals surface area (Å²) >= 11 is 0. The average Bonchev–Trinajstić information content (AvgIpc) is 2.36. The third-order valence-corrected chi connectivity index (χ3v) is 2.29. The highest BCUT2D eigenvalue weighted by Gasteiger charge is 1.98. The maximum Gasteiger partial charge on any atom is 0.132 e. The number of rotatable bonds is 6. The van der Waals surface area contributed by atoms with Crippen molar-refractivity contribution in [3.05, 3.63) is 36.4 Å². The van der Waals surface area contributed by atoms with Crippen LogP contribution in [0.5, 0.6) is 0 Å². The lowest BCUT2D eigenvalue weighted by Crippen LogP contribution is -1.96. The van der Waals surface area contributed by atoms with Crippen LogP contribution in [0, 0.1) is 0 Å². The molecule has 0 atom stereocenters. The van der Waals surface area contributed by atoms with E-state index in [4.69, 9.17) is 0 Å². The van der Waals surface area contributed by atoms with Crippen LogP contribution in [0.4, 0.5) is 0 Å².